The minimum atomic E-state index is -0.311. The largest absolute Gasteiger partial charge is 0.378 e. The van der Waals surface area contributed by atoms with Crippen molar-refractivity contribution in [3.8, 4) is 0 Å². The van der Waals surface area contributed by atoms with Gasteiger partial charge >= 0.3 is 0 Å². The second kappa shape index (κ2) is 5.64. The van der Waals surface area contributed by atoms with Gasteiger partial charge in [0.05, 0.1) is 18.9 Å². The van der Waals surface area contributed by atoms with Crippen LogP contribution in [0.4, 0.5) is 15.8 Å². The maximum atomic E-state index is 13.8. The number of carbonyl (C=O) groups is 1. The molecule has 1 saturated heterocycles. The summed E-state index contributed by atoms with van der Waals surface area (Å²) >= 11 is 0. The molecule has 5 heteroatoms. The van der Waals surface area contributed by atoms with Crippen LogP contribution >= 0.6 is 0 Å². The molecule has 0 bridgehead atoms. The molecule has 0 unspecified atom stereocenters. The normalized spacial score (nSPS) is 15.3. The molecule has 0 aliphatic carbocycles. The van der Waals surface area contributed by atoms with Gasteiger partial charge in [-0.25, -0.2) is 4.39 Å². The fourth-order valence-corrected chi connectivity index (χ4v) is 1.83. The van der Waals surface area contributed by atoms with Gasteiger partial charge < -0.3 is 15.0 Å². The summed E-state index contributed by atoms with van der Waals surface area (Å²) in [5.41, 5.74) is 1.04. The van der Waals surface area contributed by atoms with E-state index in [2.05, 4.69) is 11.9 Å². The van der Waals surface area contributed by atoms with Crippen molar-refractivity contribution < 1.29 is 13.9 Å². The molecule has 1 aromatic carbocycles. The first-order chi connectivity index (χ1) is 8.70. The number of rotatable bonds is 3. The number of benzene rings is 1. The Morgan fingerprint density at radius 3 is 2.83 bits per heavy atom. The van der Waals surface area contributed by atoms with E-state index in [0.717, 1.165) is 0 Å². The Kier molecular flexibility index (Phi) is 3.94. The molecule has 1 fully saturated rings. The van der Waals surface area contributed by atoms with Crippen molar-refractivity contribution in [2.45, 2.75) is 0 Å². The summed E-state index contributed by atoms with van der Waals surface area (Å²) in [4.78, 5) is 13.1. The summed E-state index contributed by atoms with van der Waals surface area (Å²) in [6, 6.07) is 4.51. The molecule has 0 spiro atoms. The summed E-state index contributed by atoms with van der Waals surface area (Å²) in [5, 5.41) is 2.62. The molecule has 4 nitrogen and oxygen atoms in total. The van der Waals surface area contributed by atoms with Crippen LogP contribution in [0.15, 0.2) is 30.9 Å². The summed E-state index contributed by atoms with van der Waals surface area (Å²) in [6.45, 7) is 5.84. The van der Waals surface area contributed by atoms with Crippen LogP contribution < -0.4 is 10.2 Å². The zero-order chi connectivity index (χ0) is 13.0. The van der Waals surface area contributed by atoms with Crippen molar-refractivity contribution in [1.82, 2.24) is 0 Å². The van der Waals surface area contributed by atoms with Crippen molar-refractivity contribution in [3.05, 3.63) is 36.7 Å². The summed E-state index contributed by atoms with van der Waals surface area (Å²) in [5.74, 6) is -0.608. The SMILES string of the molecule is C=CC(=O)Nc1ccc(F)c(N2CCOCC2)c1. The van der Waals surface area contributed by atoms with Gasteiger partial charge in [0.2, 0.25) is 5.91 Å². The Hall–Kier alpha value is -1.88. The van der Waals surface area contributed by atoms with Crippen LogP contribution in [0, 0.1) is 5.82 Å². The number of morpholine rings is 1. The number of hydrogen-bond donors (Lipinski definition) is 1. The zero-order valence-electron chi connectivity index (χ0n) is 9.99. The van der Waals surface area contributed by atoms with Gasteiger partial charge in [-0.15, -0.1) is 0 Å². The zero-order valence-corrected chi connectivity index (χ0v) is 9.99. The van der Waals surface area contributed by atoms with Crippen LogP contribution in [0.5, 0.6) is 0 Å². The van der Waals surface area contributed by atoms with Crippen molar-refractivity contribution in [3.63, 3.8) is 0 Å². The second-order valence-corrected chi connectivity index (χ2v) is 3.96. The highest BCUT2D eigenvalue weighted by molar-refractivity contribution is 5.99. The van der Waals surface area contributed by atoms with E-state index in [9.17, 15) is 9.18 Å². The highest BCUT2D eigenvalue weighted by Gasteiger charge is 2.15. The molecule has 0 saturated carbocycles. The second-order valence-electron chi connectivity index (χ2n) is 3.96. The van der Waals surface area contributed by atoms with Crippen LogP contribution in [0.2, 0.25) is 0 Å². The molecule has 0 atom stereocenters. The number of hydrogen-bond acceptors (Lipinski definition) is 3. The van der Waals surface area contributed by atoms with E-state index in [0.29, 0.717) is 37.7 Å². The van der Waals surface area contributed by atoms with Gasteiger partial charge in [-0.2, -0.15) is 0 Å². The first-order valence-corrected chi connectivity index (χ1v) is 5.76. The molecule has 1 N–H and O–H groups in total. The number of anilines is 2. The monoisotopic (exact) mass is 250 g/mol. The Morgan fingerprint density at radius 1 is 1.44 bits per heavy atom. The molecule has 1 amide bonds. The fraction of sp³-hybridized carbons (Fsp3) is 0.308. The molecular weight excluding hydrogens is 235 g/mol. The molecule has 0 aromatic heterocycles. The maximum absolute atomic E-state index is 13.8. The lowest BCUT2D eigenvalue weighted by atomic mass is 10.2. The number of nitrogens with one attached hydrogen (secondary N) is 1. The minimum absolute atomic E-state index is 0.298. The lowest BCUT2D eigenvalue weighted by molar-refractivity contribution is -0.111. The molecule has 1 heterocycles. The van der Waals surface area contributed by atoms with Gasteiger partial charge in [-0.05, 0) is 24.3 Å². The van der Waals surface area contributed by atoms with Crippen LogP contribution in [-0.4, -0.2) is 32.2 Å². The van der Waals surface area contributed by atoms with Crippen LogP contribution in [0.1, 0.15) is 0 Å². The lowest BCUT2D eigenvalue weighted by Crippen LogP contribution is -2.36. The van der Waals surface area contributed by atoms with E-state index >= 15 is 0 Å². The predicted molar refractivity (Wildman–Crippen MR) is 68.3 cm³/mol. The molecule has 1 aromatic rings. The quantitative estimate of drug-likeness (QED) is 0.831. The molecule has 96 valence electrons. The van der Waals surface area contributed by atoms with E-state index in [1.165, 1.54) is 18.2 Å². The molecule has 1 aliphatic heterocycles. The summed E-state index contributed by atoms with van der Waals surface area (Å²) in [7, 11) is 0. The van der Waals surface area contributed by atoms with Crippen molar-refractivity contribution in [1.29, 1.82) is 0 Å². The topological polar surface area (TPSA) is 41.6 Å². The fourth-order valence-electron chi connectivity index (χ4n) is 1.83. The van der Waals surface area contributed by atoms with E-state index in [1.54, 1.807) is 6.07 Å². The number of amides is 1. The molecular formula is C13H15FN2O2. The summed E-state index contributed by atoms with van der Waals surface area (Å²) in [6.07, 6.45) is 1.18. The molecule has 1 aliphatic rings. The average molecular weight is 250 g/mol. The predicted octanol–water partition coefficient (Wildman–Crippen LogP) is 1.79. The maximum Gasteiger partial charge on any atom is 0.247 e. The van der Waals surface area contributed by atoms with Gasteiger partial charge in [0.1, 0.15) is 5.82 Å². The third-order valence-electron chi connectivity index (χ3n) is 2.75. The van der Waals surface area contributed by atoms with Crippen molar-refractivity contribution in [2.24, 2.45) is 0 Å². The van der Waals surface area contributed by atoms with Gasteiger partial charge in [0, 0.05) is 18.8 Å². The van der Waals surface area contributed by atoms with Gasteiger partial charge in [-0.3, -0.25) is 4.79 Å². The van der Waals surface area contributed by atoms with Crippen LogP contribution in [0.3, 0.4) is 0 Å². The first-order valence-electron chi connectivity index (χ1n) is 5.76. The third kappa shape index (κ3) is 2.87. The Labute approximate surface area is 105 Å². The smallest absolute Gasteiger partial charge is 0.247 e. The molecule has 2 rings (SSSR count). The Bertz CT molecular complexity index is 456. The lowest BCUT2D eigenvalue weighted by Gasteiger charge is -2.29. The Morgan fingerprint density at radius 2 is 2.17 bits per heavy atom. The average Bonchev–Trinajstić information content (AvgIpc) is 2.42. The molecule has 0 radical (unpaired) electrons. The first kappa shape index (κ1) is 12.6. The van der Waals surface area contributed by atoms with Gasteiger partial charge in [0.15, 0.2) is 0 Å². The van der Waals surface area contributed by atoms with E-state index in [4.69, 9.17) is 4.74 Å². The highest BCUT2D eigenvalue weighted by atomic mass is 19.1. The van der Waals surface area contributed by atoms with Crippen molar-refractivity contribution >= 4 is 17.3 Å². The van der Waals surface area contributed by atoms with Crippen LogP contribution in [-0.2, 0) is 9.53 Å². The number of nitrogens with zero attached hydrogens (tertiary/aromatic N) is 1. The number of carbonyl (C=O) groups excluding carboxylic acids is 1. The van der Waals surface area contributed by atoms with Crippen molar-refractivity contribution in [2.75, 3.05) is 36.5 Å². The Balaban J connectivity index is 2.20. The summed E-state index contributed by atoms with van der Waals surface area (Å²) < 4.78 is 19.0. The van der Waals surface area contributed by atoms with E-state index in [1.807, 2.05) is 4.90 Å². The molecule has 18 heavy (non-hydrogen) atoms. The van der Waals surface area contributed by atoms with E-state index in [-0.39, 0.29) is 11.7 Å². The number of halogens is 1. The number of ether oxygens (including phenoxy) is 1. The van der Waals surface area contributed by atoms with Crippen LogP contribution in [0.25, 0.3) is 0 Å². The van der Waals surface area contributed by atoms with E-state index < -0.39 is 0 Å². The van der Waals surface area contributed by atoms with Gasteiger partial charge in [-0.1, -0.05) is 6.58 Å². The van der Waals surface area contributed by atoms with Gasteiger partial charge in [0.25, 0.3) is 0 Å². The minimum Gasteiger partial charge on any atom is -0.378 e. The highest BCUT2D eigenvalue weighted by Crippen LogP contribution is 2.24. The standard InChI is InChI=1S/C13H15FN2O2/c1-2-13(17)15-10-3-4-11(14)12(9-10)16-5-7-18-8-6-16/h2-4,9H,1,5-8H2,(H,15,17). The third-order valence-corrected chi connectivity index (χ3v) is 2.75.